The molecule has 1 rings (SSSR count). The van der Waals surface area contributed by atoms with Crippen molar-refractivity contribution in [3.8, 4) is 0 Å². The van der Waals surface area contributed by atoms with E-state index >= 15 is 0 Å². The van der Waals surface area contributed by atoms with E-state index in [1.54, 1.807) is 0 Å². The zero-order chi connectivity index (χ0) is 9.30. The summed E-state index contributed by atoms with van der Waals surface area (Å²) in [6.07, 6.45) is 0. The SMILES string of the molecule is CC(=O)[C@@H]1CN(C)[C@H](C)C(=O)N1. The van der Waals surface area contributed by atoms with Crippen LogP contribution >= 0.6 is 0 Å². The molecule has 1 fully saturated rings. The van der Waals surface area contributed by atoms with E-state index in [1.807, 2.05) is 18.9 Å². The van der Waals surface area contributed by atoms with E-state index in [1.165, 1.54) is 6.92 Å². The average Bonchev–Trinajstić information content (AvgIpc) is 1.99. The Kier molecular flexibility index (Phi) is 2.47. The lowest BCUT2D eigenvalue weighted by Crippen LogP contribution is -2.59. The maximum atomic E-state index is 11.2. The predicted molar refractivity (Wildman–Crippen MR) is 44.7 cm³/mol. The van der Waals surface area contributed by atoms with Crippen molar-refractivity contribution in [3.63, 3.8) is 0 Å². The smallest absolute Gasteiger partial charge is 0.237 e. The van der Waals surface area contributed by atoms with Crippen molar-refractivity contribution < 1.29 is 9.59 Å². The number of likely N-dealkylation sites (N-methyl/N-ethyl adjacent to an activating group) is 1. The van der Waals surface area contributed by atoms with Crippen LogP contribution < -0.4 is 5.32 Å². The van der Waals surface area contributed by atoms with E-state index in [2.05, 4.69) is 5.32 Å². The first-order chi connectivity index (χ1) is 5.52. The minimum atomic E-state index is -0.321. The number of carbonyl (C=O) groups excluding carboxylic acids is 2. The van der Waals surface area contributed by atoms with Crippen LogP contribution in [0.4, 0.5) is 0 Å². The molecule has 0 aromatic carbocycles. The second kappa shape index (κ2) is 3.23. The Morgan fingerprint density at radius 2 is 2.25 bits per heavy atom. The summed E-state index contributed by atoms with van der Waals surface area (Å²) >= 11 is 0. The summed E-state index contributed by atoms with van der Waals surface area (Å²) in [5.41, 5.74) is 0. The first-order valence-electron chi connectivity index (χ1n) is 4.03. The number of Topliss-reactive ketones (excluding diaryl/α,β-unsaturated/α-hetero) is 1. The zero-order valence-corrected chi connectivity index (χ0v) is 7.63. The number of rotatable bonds is 1. The molecule has 0 aromatic heterocycles. The third-order valence-corrected chi connectivity index (χ3v) is 2.32. The molecule has 1 aliphatic rings. The van der Waals surface area contributed by atoms with Gasteiger partial charge >= 0.3 is 0 Å². The fourth-order valence-electron chi connectivity index (χ4n) is 1.21. The molecule has 1 saturated heterocycles. The molecular weight excluding hydrogens is 156 g/mol. The van der Waals surface area contributed by atoms with Gasteiger partial charge in [0.25, 0.3) is 0 Å². The zero-order valence-electron chi connectivity index (χ0n) is 7.63. The Morgan fingerprint density at radius 3 is 2.67 bits per heavy atom. The number of nitrogens with zero attached hydrogens (tertiary/aromatic N) is 1. The van der Waals surface area contributed by atoms with Crippen molar-refractivity contribution in [2.75, 3.05) is 13.6 Å². The molecule has 68 valence electrons. The standard InChI is InChI=1S/C8H14N2O2/c1-5-8(12)9-7(6(2)11)4-10(5)3/h5,7H,4H2,1-3H3,(H,9,12)/t5-,7+/m1/s1. The number of carbonyl (C=O) groups is 2. The molecule has 2 atom stereocenters. The Balaban J connectivity index is 2.66. The van der Waals surface area contributed by atoms with E-state index in [0.717, 1.165) is 0 Å². The summed E-state index contributed by atoms with van der Waals surface area (Å²) in [5, 5.41) is 2.67. The molecule has 0 aromatic rings. The molecular formula is C8H14N2O2. The third-order valence-electron chi connectivity index (χ3n) is 2.32. The Morgan fingerprint density at radius 1 is 1.67 bits per heavy atom. The van der Waals surface area contributed by atoms with Crippen LogP contribution in [0.3, 0.4) is 0 Å². The fraction of sp³-hybridized carbons (Fsp3) is 0.750. The van der Waals surface area contributed by atoms with E-state index in [4.69, 9.17) is 0 Å². The third kappa shape index (κ3) is 1.64. The van der Waals surface area contributed by atoms with Gasteiger partial charge in [0.2, 0.25) is 5.91 Å². The summed E-state index contributed by atoms with van der Waals surface area (Å²) in [4.78, 5) is 24.0. The van der Waals surface area contributed by atoms with Crippen molar-refractivity contribution in [2.45, 2.75) is 25.9 Å². The van der Waals surface area contributed by atoms with Crippen LogP contribution in [0.15, 0.2) is 0 Å². The molecule has 1 heterocycles. The van der Waals surface area contributed by atoms with Crippen molar-refractivity contribution in [3.05, 3.63) is 0 Å². The first kappa shape index (κ1) is 9.19. The van der Waals surface area contributed by atoms with Gasteiger partial charge in [-0.15, -0.1) is 0 Å². The van der Waals surface area contributed by atoms with Gasteiger partial charge in [0, 0.05) is 6.54 Å². The lowest BCUT2D eigenvalue weighted by molar-refractivity contribution is -0.134. The van der Waals surface area contributed by atoms with Crippen LogP contribution in [-0.2, 0) is 9.59 Å². The summed E-state index contributed by atoms with van der Waals surface area (Å²) < 4.78 is 0. The largest absolute Gasteiger partial charge is 0.344 e. The van der Waals surface area contributed by atoms with Crippen LogP contribution in [0, 0.1) is 0 Å². The lowest BCUT2D eigenvalue weighted by atomic mass is 10.1. The molecule has 1 aliphatic heterocycles. The topological polar surface area (TPSA) is 49.4 Å². The maximum absolute atomic E-state index is 11.2. The highest BCUT2D eigenvalue weighted by Crippen LogP contribution is 2.05. The number of hydrogen-bond acceptors (Lipinski definition) is 3. The Bertz CT molecular complexity index is 215. The van der Waals surface area contributed by atoms with Gasteiger partial charge in [0.15, 0.2) is 5.78 Å². The van der Waals surface area contributed by atoms with Gasteiger partial charge in [0.05, 0.1) is 12.1 Å². The molecule has 0 bridgehead atoms. The summed E-state index contributed by atoms with van der Waals surface area (Å²) in [6.45, 7) is 3.93. The van der Waals surface area contributed by atoms with Gasteiger partial charge in [-0.3, -0.25) is 14.5 Å². The lowest BCUT2D eigenvalue weighted by Gasteiger charge is -2.33. The van der Waals surface area contributed by atoms with Crippen LogP contribution in [0.5, 0.6) is 0 Å². The van der Waals surface area contributed by atoms with Gasteiger partial charge in [0.1, 0.15) is 0 Å². The molecule has 4 heteroatoms. The van der Waals surface area contributed by atoms with Crippen LogP contribution in [-0.4, -0.2) is 42.3 Å². The number of hydrogen-bond donors (Lipinski definition) is 1. The van der Waals surface area contributed by atoms with E-state index in [-0.39, 0.29) is 23.8 Å². The van der Waals surface area contributed by atoms with Crippen molar-refractivity contribution in [1.82, 2.24) is 10.2 Å². The highest BCUT2D eigenvalue weighted by atomic mass is 16.2. The maximum Gasteiger partial charge on any atom is 0.237 e. The Labute approximate surface area is 71.9 Å². The highest BCUT2D eigenvalue weighted by Gasteiger charge is 2.30. The molecule has 0 unspecified atom stereocenters. The number of ketones is 1. The molecule has 1 amide bonds. The molecule has 4 nitrogen and oxygen atoms in total. The number of piperazine rings is 1. The second-order valence-corrected chi connectivity index (χ2v) is 3.29. The monoisotopic (exact) mass is 170 g/mol. The molecule has 0 saturated carbocycles. The first-order valence-corrected chi connectivity index (χ1v) is 4.03. The molecule has 0 aliphatic carbocycles. The van der Waals surface area contributed by atoms with Gasteiger partial charge in [-0.2, -0.15) is 0 Å². The van der Waals surface area contributed by atoms with Gasteiger partial charge in [-0.05, 0) is 20.9 Å². The minimum absolute atomic E-state index is 0.0158. The van der Waals surface area contributed by atoms with Crippen LogP contribution in [0.1, 0.15) is 13.8 Å². The number of nitrogens with one attached hydrogen (secondary N) is 1. The molecule has 0 radical (unpaired) electrons. The van der Waals surface area contributed by atoms with E-state index < -0.39 is 0 Å². The van der Waals surface area contributed by atoms with E-state index in [9.17, 15) is 9.59 Å². The van der Waals surface area contributed by atoms with E-state index in [0.29, 0.717) is 6.54 Å². The van der Waals surface area contributed by atoms with Crippen LogP contribution in [0.2, 0.25) is 0 Å². The highest BCUT2D eigenvalue weighted by molar-refractivity contribution is 5.90. The summed E-state index contributed by atoms with van der Waals surface area (Å²) in [5.74, 6) is -0.0500. The van der Waals surface area contributed by atoms with Crippen molar-refractivity contribution >= 4 is 11.7 Å². The Hall–Kier alpha value is -0.900. The van der Waals surface area contributed by atoms with Crippen molar-refractivity contribution in [1.29, 1.82) is 0 Å². The molecule has 0 spiro atoms. The van der Waals surface area contributed by atoms with Crippen molar-refractivity contribution in [2.24, 2.45) is 0 Å². The number of amides is 1. The average molecular weight is 170 g/mol. The second-order valence-electron chi connectivity index (χ2n) is 3.29. The quantitative estimate of drug-likeness (QED) is 0.571. The van der Waals surface area contributed by atoms with Crippen LogP contribution in [0.25, 0.3) is 0 Å². The van der Waals surface area contributed by atoms with Gasteiger partial charge in [-0.1, -0.05) is 0 Å². The normalized spacial score (nSPS) is 31.4. The summed E-state index contributed by atoms with van der Waals surface area (Å²) in [7, 11) is 1.85. The molecule has 12 heavy (non-hydrogen) atoms. The van der Waals surface area contributed by atoms with Gasteiger partial charge < -0.3 is 5.32 Å². The molecule has 1 N–H and O–H groups in total. The fourth-order valence-corrected chi connectivity index (χ4v) is 1.21. The summed E-state index contributed by atoms with van der Waals surface area (Å²) in [6, 6.07) is -0.445. The minimum Gasteiger partial charge on any atom is -0.344 e. The van der Waals surface area contributed by atoms with Gasteiger partial charge in [-0.25, -0.2) is 0 Å². The predicted octanol–water partition coefficient (Wildman–Crippen LogP) is -0.606.